The number of aromatic nitrogens is 2. The zero-order valence-electron chi connectivity index (χ0n) is 12.2. The van der Waals surface area contributed by atoms with Crippen LogP contribution in [-0.2, 0) is 0 Å². The van der Waals surface area contributed by atoms with Crippen LogP contribution < -0.4 is 16.6 Å². The van der Waals surface area contributed by atoms with Crippen LogP contribution in [0.1, 0.15) is 13.8 Å². The number of hydrazine groups is 1. The third kappa shape index (κ3) is 4.28. The Morgan fingerprint density at radius 3 is 2.50 bits per heavy atom. The molecule has 112 valence electrons. The fourth-order valence-corrected chi connectivity index (χ4v) is 2.02. The molecule has 0 atom stereocenters. The van der Waals surface area contributed by atoms with Crippen molar-refractivity contribution in [2.75, 3.05) is 37.9 Å². The molecular formula is C11H21N7O2. The van der Waals surface area contributed by atoms with Crippen LogP contribution in [-0.4, -0.2) is 47.0 Å². The zero-order valence-corrected chi connectivity index (χ0v) is 12.2. The minimum Gasteiger partial charge on any atom is -0.364 e. The van der Waals surface area contributed by atoms with Gasteiger partial charge in [-0.3, -0.25) is 10.1 Å². The summed E-state index contributed by atoms with van der Waals surface area (Å²) in [7, 11) is 3.96. The summed E-state index contributed by atoms with van der Waals surface area (Å²) in [4.78, 5) is 20.2. The smallest absolute Gasteiger partial charge is 0.354 e. The van der Waals surface area contributed by atoms with Gasteiger partial charge in [0, 0.05) is 13.1 Å². The monoisotopic (exact) mass is 283 g/mol. The number of nitro groups is 1. The first-order valence-corrected chi connectivity index (χ1v) is 6.11. The minimum absolute atomic E-state index is 0.0158. The maximum atomic E-state index is 11.1. The van der Waals surface area contributed by atoms with Gasteiger partial charge in [-0.1, -0.05) is 13.8 Å². The highest BCUT2D eigenvalue weighted by molar-refractivity contribution is 5.68. The van der Waals surface area contributed by atoms with Gasteiger partial charge >= 0.3 is 5.69 Å². The highest BCUT2D eigenvalue weighted by Gasteiger charge is 2.25. The van der Waals surface area contributed by atoms with Gasteiger partial charge in [-0.25, -0.2) is 15.8 Å². The largest absolute Gasteiger partial charge is 0.364 e. The first kappa shape index (κ1) is 16.1. The molecule has 0 unspecified atom stereocenters. The van der Waals surface area contributed by atoms with E-state index in [2.05, 4.69) is 39.5 Å². The SMILES string of the molecule is CN(C)CC(C)(C)CNc1ncnc(NN)c1[N+](=O)[O-]. The molecule has 0 aliphatic heterocycles. The predicted octanol–water partition coefficient (Wildman–Crippen LogP) is 0.670. The van der Waals surface area contributed by atoms with E-state index in [0.717, 1.165) is 6.54 Å². The van der Waals surface area contributed by atoms with E-state index in [9.17, 15) is 10.1 Å². The normalized spacial score (nSPS) is 11.5. The molecule has 0 saturated carbocycles. The van der Waals surface area contributed by atoms with E-state index in [1.54, 1.807) is 0 Å². The van der Waals surface area contributed by atoms with Gasteiger partial charge in [0.25, 0.3) is 0 Å². The van der Waals surface area contributed by atoms with Gasteiger partial charge in [-0.05, 0) is 19.5 Å². The number of rotatable bonds is 7. The molecular weight excluding hydrogens is 262 g/mol. The molecule has 0 saturated heterocycles. The molecule has 9 nitrogen and oxygen atoms in total. The molecule has 1 aromatic rings. The number of hydrogen-bond acceptors (Lipinski definition) is 8. The van der Waals surface area contributed by atoms with Gasteiger partial charge in [0.2, 0.25) is 11.6 Å². The lowest BCUT2D eigenvalue weighted by molar-refractivity contribution is -0.383. The van der Waals surface area contributed by atoms with Crippen molar-refractivity contribution in [3.8, 4) is 0 Å². The molecule has 20 heavy (non-hydrogen) atoms. The van der Waals surface area contributed by atoms with E-state index in [0.29, 0.717) is 6.54 Å². The highest BCUT2D eigenvalue weighted by atomic mass is 16.6. The second-order valence-corrected chi connectivity index (χ2v) is 5.58. The lowest BCUT2D eigenvalue weighted by Crippen LogP contribution is -2.34. The molecule has 0 fully saturated rings. The Morgan fingerprint density at radius 1 is 1.40 bits per heavy atom. The Bertz CT molecular complexity index is 476. The summed E-state index contributed by atoms with van der Waals surface area (Å²) in [5.41, 5.74) is 1.88. The first-order chi connectivity index (χ1) is 9.26. The van der Waals surface area contributed by atoms with Gasteiger partial charge < -0.3 is 15.6 Å². The van der Waals surface area contributed by atoms with E-state index in [1.807, 2.05) is 14.1 Å². The minimum atomic E-state index is -0.559. The Hall–Kier alpha value is -2.00. The number of nitrogen functional groups attached to an aromatic ring is 1. The fraction of sp³-hybridized carbons (Fsp3) is 0.636. The van der Waals surface area contributed by atoms with Gasteiger partial charge in [-0.15, -0.1) is 0 Å². The molecule has 4 N–H and O–H groups in total. The van der Waals surface area contributed by atoms with Crippen molar-refractivity contribution >= 4 is 17.3 Å². The molecule has 1 heterocycles. The Morgan fingerprint density at radius 2 is 2.00 bits per heavy atom. The van der Waals surface area contributed by atoms with Crippen LogP contribution in [0.2, 0.25) is 0 Å². The number of anilines is 2. The summed E-state index contributed by atoms with van der Waals surface area (Å²) in [6.07, 6.45) is 1.23. The molecule has 0 amide bonds. The quantitative estimate of drug-likeness (QED) is 0.379. The summed E-state index contributed by atoms with van der Waals surface area (Å²) in [5, 5.41) is 14.1. The van der Waals surface area contributed by atoms with Crippen LogP contribution in [0.3, 0.4) is 0 Å². The molecule has 0 radical (unpaired) electrons. The van der Waals surface area contributed by atoms with Crippen molar-refractivity contribution in [1.29, 1.82) is 0 Å². The Labute approximate surface area is 117 Å². The average Bonchev–Trinajstić information content (AvgIpc) is 2.34. The molecule has 0 bridgehead atoms. The van der Waals surface area contributed by atoms with Crippen molar-refractivity contribution < 1.29 is 4.92 Å². The molecule has 0 spiro atoms. The maximum Gasteiger partial charge on any atom is 0.354 e. The third-order valence-corrected chi connectivity index (χ3v) is 2.62. The number of nitrogens with one attached hydrogen (secondary N) is 2. The van der Waals surface area contributed by atoms with Crippen molar-refractivity contribution in [1.82, 2.24) is 14.9 Å². The van der Waals surface area contributed by atoms with Crippen molar-refractivity contribution in [3.05, 3.63) is 16.4 Å². The molecule has 1 aromatic heterocycles. The van der Waals surface area contributed by atoms with Crippen molar-refractivity contribution in [2.24, 2.45) is 11.3 Å². The van der Waals surface area contributed by atoms with Crippen LogP contribution in [0.25, 0.3) is 0 Å². The molecule has 1 rings (SSSR count). The summed E-state index contributed by atoms with van der Waals surface area (Å²) in [5.74, 6) is 5.37. The lowest BCUT2D eigenvalue weighted by atomic mass is 9.93. The van der Waals surface area contributed by atoms with E-state index >= 15 is 0 Å². The number of nitrogens with zero attached hydrogens (tertiary/aromatic N) is 4. The van der Waals surface area contributed by atoms with Gasteiger partial charge in [-0.2, -0.15) is 0 Å². The zero-order chi connectivity index (χ0) is 15.3. The van der Waals surface area contributed by atoms with Crippen LogP contribution >= 0.6 is 0 Å². The van der Waals surface area contributed by atoms with Crippen LogP contribution in [0, 0.1) is 15.5 Å². The van der Waals surface area contributed by atoms with Crippen molar-refractivity contribution in [2.45, 2.75) is 13.8 Å². The van der Waals surface area contributed by atoms with Gasteiger partial charge in [0.1, 0.15) is 6.33 Å². The molecule has 0 aliphatic rings. The first-order valence-electron chi connectivity index (χ1n) is 6.11. The molecule has 0 aliphatic carbocycles. The second kappa shape index (κ2) is 6.44. The molecule has 0 aromatic carbocycles. The Balaban J connectivity index is 2.90. The lowest BCUT2D eigenvalue weighted by Gasteiger charge is -2.28. The van der Waals surface area contributed by atoms with Crippen molar-refractivity contribution in [3.63, 3.8) is 0 Å². The standard InChI is InChI=1S/C11H21N7O2/c1-11(2,6-17(3)4)5-13-9-8(18(19)20)10(16-12)15-7-14-9/h7H,5-6,12H2,1-4H3,(H2,13,14,15,16). The van der Waals surface area contributed by atoms with E-state index in [4.69, 9.17) is 5.84 Å². The van der Waals surface area contributed by atoms with Crippen LogP contribution in [0.15, 0.2) is 6.33 Å². The second-order valence-electron chi connectivity index (χ2n) is 5.58. The van der Waals surface area contributed by atoms with Crippen LogP contribution in [0.4, 0.5) is 17.3 Å². The summed E-state index contributed by atoms with van der Waals surface area (Å²) >= 11 is 0. The van der Waals surface area contributed by atoms with E-state index in [-0.39, 0.29) is 22.7 Å². The number of hydrogen-bond donors (Lipinski definition) is 3. The van der Waals surface area contributed by atoms with Crippen LogP contribution in [0.5, 0.6) is 0 Å². The number of nitrogens with two attached hydrogens (primary N) is 1. The van der Waals surface area contributed by atoms with Gasteiger partial charge in [0.15, 0.2) is 0 Å². The average molecular weight is 283 g/mol. The highest BCUT2D eigenvalue weighted by Crippen LogP contribution is 2.29. The van der Waals surface area contributed by atoms with E-state index < -0.39 is 4.92 Å². The molecule has 9 heteroatoms. The summed E-state index contributed by atoms with van der Waals surface area (Å²) in [6.45, 7) is 5.50. The predicted molar refractivity (Wildman–Crippen MR) is 77.3 cm³/mol. The maximum absolute atomic E-state index is 11.1. The summed E-state index contributed by atoms with van der Waals surface area (Å²) < 4.78 is 0. The van der Waals surface area contributed by atoms with E-state index in [1.165, 1.54) is 6.33 Å². The van der Waals surface area contributed by atoms with Gasteiger partial charge in [0.05, 0.1) is 4.92 Å². The summed E-state index contributed by atoms with van der Waals surface area (Å²) in [6, 6.07) is 0. The fourth-order valence-electron chi connectivity index (χ4n) is 2.02. The Kier molecular flexibility index (Phi) is 5.17. The topological polar surface area (TPSA) is 122 Å². The third-order valence-electron chi connectivity index (χ3n) is 2.62.